The lowest BCUT2D eigenvalue weighted by molar-refractivity contribution is -0.138. The topological polar surface area (TPSA) is 49.4 Å². The molecule has 30 heavy (non-hydrogen) atoms. The number of carbonyl (C=O) groups excluding carboxylic acids is 2. The zero-order valence-corrected chi connectivity index (χ0v) is 19.1. The molecular formula is C23H28ClFN2O2S. The molecule has 2 aromatic rings. The van der Waals surface area contributed by atoms with Crippen molar-refractivity contribution < 1.29 is 14.0 Å². The summed E-state index contributed by atoms with van der Waals surface area (Å²) in [7, 11) is 0. The van der Waals surface area contributed by atoms with Crippen molar-refractivity contribution in [1.29, 1.82) is 0 Å². The highest BCUT2D eigenvalue weighted by atomic mass is 35.5. The lowest BCUT2D eigenvalue weighted by atomic mass is 10.1. The molecule has 2 amide bonds. The van der Waals surface area contributed by atoms with Gasteiger partial charge in [-0.1, -0.05) is 49.7 Å². The summed E-state index contributed by atoms with van der Waals surface area (Å²) in [5.74, 6) is 0.518. The first-order valence-corrected chi connectivity index (χ1v) is 11.4. The lowest BCUT2D eigenvalue weighted by Crippen LogP contribution is -2.48. The SMILES string of the molecule is CC(C)CNC(=O)[C@@H](C)N(Cc1ccc(F)cc1)C(=O)CSCc1cccc(Cl)c1. The summed E-state index contributed by atoms with van der Waals surface area (Å²) in [5.41, 5.74) is 1.81. The predicted molar refractivity (Wildman–Crippen MR) is 122 cm³/mol. The molecule has 0 aliphatic rings. The molecule has 2 aromatic carbocycles. The number of carbonyl (C=O) groups is 2. The second-order valence-corrected chi connectivity index (χ2v) is 9.01. The third-order valence-corrected chi connectivity index (χ3v) is 5.72. The van der Waals surface area contributed by atoms with Crippen LogP contribution in [0.5, 0.6) is 0 Å². The van der Waals surface area contributed by atoms with E-state index in [1.807, 2.05) is 38.1 Å². The maximum absolute atomic E-state index is 13.2. The Balaban J connectivity index is 2.05. The van der Waals surface area contributed by atoms with Crippen LogP contribution < -0.4 is 5.32 Å². The number of hydrogen-bond donors (Lipinski definition) is 1. The molecule has 0 saturated heterocycles. The van der Waals surface area contributed by atoms with Crippen molar-refractivity contribution in [2.75, 3.05) is 12.3 Å². The van der Waals surface area contributed by atoms with Gasteiger partial charge >= 0.3 is 0 Å². The quantitative estimate of drug-likeness (QED) is 0.560. The lowest BCUT2D eigenvalue weighted by Gasteiger charge is -2.29. The van der Waals surface area contributed by atoms with E-state index in [0.29, 0.717) is 23.2 Å². The highest BCUT2D eigenvalue weighted by Crippen LogP contribution is 2.18. The first kappa shape index (κ1) is 24.2. The molecule has 0 heterocycles. The largest absolute Gasteiger partial charge is 0.354 e. The van der Waals surface area contributed by atoms with Crippen LogP contribution in [0.15, 0.2) is 48.5 Å². The average Bonchev–Trinajstić information content (AvgIpc) is 2.71. The van der Waals surface area contributed by atoms with E-state index >= 15 is 0 Å². The van der Waals surface area contributed by atoms with Gasteiger partial charge in [0.15, 0.2) is 0 Å². The summed E-state index contributed by atoms with van der Waals surface area (Å²) in [6.07, 6.45) is 0. The van der Waals surface area contributed by atoms with Gasteiger partial charge in [-0.05, 0) is 48.2 Å². The average molecular weight is 451 g/mol. The Hall–Kier alpha value is -2.05. The monoisotopic (exact) mass is 450 g/mol. The fourth-order valence-corrected chi connectivity index (χ4v) is 3.86. The van der Waals surface area contributed by atoms with Gasteiger partial charge < -0.3 is 10.2 Å². The Morgan fingerprint density at radius 1 is 1.10 bits per heavy atom. The standard InChI is InChI=1S/C23H28ClFN2O2S/c1-16(2)12-26-23(29)17(3)27(13-18-7-9-21(25)10-8-18)22(28)15-30-14-19-5-4-6-20(24)11-19/h4-11,16-17H,12-15H2,1-3H3,(H,26,29)/t17-/m1/s1. The number of nitrogens with zero attached hydrogens (tertiary/aromatic N) is 1. The summed E-state index contributed by atoms with van der Waals surface area (Å²) >= 11 is 7.48. The minimum absolute atomic E-state index is 0.140. The molecule has 0 radical (unpaired) electrons. The number of rotatable bonds is 10. The summed E-state index contributed by atoms with van der Waals surface area (Å²) in [4.78, 5) is 27.1. The van der Waals surface area contributed by atoms with E-state index in [0.717, 1.165) is 11.1 Å². The van der Waals surface area contributed by atoms with Gasteiger partial charge in [-0.2, -0.15) is 0 Å². The highest BCUT2D eigenvalue weighted by Gasteiger charge is 2.26. The van der Waals surface area contributed by atoms with Gasteiger partial charge in [0, 0.05) is 23.9 Å². The fourth-order valence-electron chi connectivity index (χ4n) is 2.79. The van der Waals surface area contributed by atoms with Gasteiger partial charge in [0.1, 0.15) is 11.9 Å². The smallest absolute Gasteiger partial charge is 0.242 e. The van der Waals surface area contributed by atoms with Crippen molar-refractivity contribution in [3.8, 4) is 0 Å². The van der Waals surface area contributed by atoms with Crippen LogP contribution in [0.4, 0.5) is 4.39 Å². The third kappa shape index (κ3) is 8.00. The van der Waals surface area contributed by atoms with Gasteiger partial charge in [-0.15, -0.1) is 11.8 Å². The van der Waals surface area contributed by atoms with Gasteiger partial charge in [0.05, 0.1) is 5.75 Å². The van der Waals surface area contributed by atoms with Gasteiger partial charge in [-0.25, -0.2) is 4.39 Å². The van der Waals surface area contributed by atoms with Crippen LogP contribution in [-0.2, 0) is 21.9 Å². The fraction of sp³-hybridized carbons (Fsp3) is 0.391. The Morgan fingerprint density at radius 3 is 2.43 bits per heavy atom. The Kier molecular flexibility index (Phi) is 9.66. The zero-order chi connectivity index (χ0) is 22.1. The van der Waals surface area contributed by atoms with Crippen LogP contribution in [0.3, 0.4) is 0 Å². The molecule has 0 aliphatic carbocycles. The summed E-state index contributed by atoms with van der Waals surface area (Å²) in [6.45, 7) is 6.54. The Morgan fingerprint density at radius 2 is 1.80 bits per heavy atom. The molecule has 2 rings (SSSR count). The predicted octanol–water partition coefficient (Wildman–Crippen LogP) is 4.90. The molecule has 0 aliphatic heterocycles. The first-order chi connectivity index (χ1) is 14.3. The molecule has 1 atom stereocenters. The second-order valence-electron chi connectivity index (χ2n) is 7.59. The normalized spacial score (nSPS) is 11.9. The van der Waals surface area contributed by atoms with Crippen molar-refractivity contribution >= 4 is 35.2 Å². The highest BCUT2D eigenvalue weighted by molar-refractivity contribution is 7.99. The molecule has 0 saturated carbocycles. The van der Waals surface area contributed by atoms with E-state index < -0.39 is 6.04 Å². The number of halogens is 2. The molecule has 1 N–H and O–H groups in total. The molecule has 0 spiro atoms. The third-order valence-electron chi connectivity index (χ3n) is 4.50. The minimum Gasteiger partial charge on any atom is -0.354 e. The van der Waals surface area contributed by atoms with E-state index in [9.17, 15) is 14.0 Å². The van der Waals surface area contributed by atoms with Crippen molar-refractivity contribution in [3.63, 3.8) is 0 Å². The van der Waals surface area contributed by atoms with Crippen LogP contribution in [0, 0.1) is 11.7 Å². The van der Waals surface area contributed by atoms with Crippen LogP contribution in [-0.4, -0.2) is 35.1 Å². The van der Waals surface area contributed by atoms with Gasteiger partial charge in [-0.3, -0.25) is 9.59 Å². The maximum atomic E-state index is 13.2. The number of amides is 2. The van der Waals surface area contributed by atoms with E-state index in [1.54, 1.807) is 24.0 Å². The molecule has 7 heteroatoms. The Labute approximate surface area is 187 Å². The van der Waals surface area contributed by atoms with Crippen LogP contribution >= 0.6 is 23.4 Å². The van der Waals surface area contributed by atoms with Crippen LogP contribution in [0.2, 0.25) is 5.02 Å². The summed E-state index contributed by atoms with van der Waals surface area (Å²) in [6, 6.07) is 12.9. The first-order valence-electron chi connectivity index (χ1n) is 9.90. The molecule has 0 bridgehead atoms. The Bertz CT molecular complexity index is 845. The molecule has 0 unspecified atom stereocenters. The molecule has 4 nitrogen and oxygen atoms in total. The van der Waals surface area contributed by atoms with Crippen molar-refractivity contribution in [2.24, 2.45) is 5.92 Å². The van der Waals surface area contributed by atoms with E-state index in [1.165, 1.54) is 23.9 Å². The molecule has 0 fully saturated rings. The van der Waals surface area contributed by atoms with Gasteiger partial charge in [0.2, 0.25) is 11.8 Å². The minimum atomic E-state index is -0.631. The van der Waals surface area contributed by atoms with E-state index in [2.05, 4.69) is 5.32 Å². The number of thioether (sulfide) groups is 1. The summed E-state index contributed by atoms with van der Waals surface area (Å²) in [5, 5.41) is 3.55. The van der Waals surface area contributed by atoms with Crippen molar-refractivity contribution in [2.45, 2.75) is 39.1 Å². The second kappa shape index (κ2) is 12.0. The number of benzene rings is 2. The number of nitrogens with one attached hydrogen (secondary N) is 1. The zero-order valence-electron chi connectivity index (χ0n) is 17.5. The molecule has 0 aromatic heterocycles. The maximum Gasteiger partial charge on any atom is 0.242 e. The van der Waals surface area contributed by atoms with Crippen molar-refractivity contribution in [3.05, 3.63) is 70.5 Å². The van der Waals surface area contributed by atoms with E-state index in [-0.39, 0.29) is 29.9 Å². The van der Waals surface area contributed by atoms with Crippen LogP contribution in [0.1, 0.15) is 31.9 Å². The summed E-state index contributed by atoms with van der Waals surface area (Å²) < 4.78 is 13.2. The van der Waals surface area contributed by atoms with Crippen LogP contribution in [0.25, 0.3) is 0 Å². The van der Waals surface area contributed by atoms with Crippen molar-refractivity contribution in [1.82, 2.24) is 10.2 Å². The molecule has 162 valence electrons. The molecular weight excluding hydrogens is 423 g/mol. The van der Waals surface area contributed by atoms with Gasteiger partial charge in [0.25, 0.3) is 0 Å². The number of hydrogen-bond acceptors (Lipinski definition) is 3. The van der Waals surface area contributed by atoms with E-state index in [4.69, 9.17) is 11.6 Å².